The van der Waals surface area contributed by atoms with Gasteiger partial charge in [-0.2, -0.15) is 13.2 Å². The van der Waals surface area contributed by atoms with Crippen molar-refractivity contribution in [3.8, 4) is 28.4 Å². The molecule has 46 heavy (non-hydrogen) atoms. The molecule has 4 N–H and O–H groups in total. The van der Waals surface area contributed by atoms with Crippen LogP contribution >= 0.6 is 0 Å². The number of hydrogen-bond donors (Lipinski definition) is 4. The van der Waals surface area contributed by atoms with Gasteiger partial charge in [-0.3, -0.25) is 14.5 Å². The SMILES string of the molecule is COc1cc(OC)c(-c2cc(CN3CCN(C(=O)O)CCN(C(=O)O)CC3)nc(C(=O)NCCNC(=O)C(F)(F)F)c2)c(OC)c1. The van der Waals surface area contributed by atoms with E-state index in [9.17, 15) is 42.6 Å². The van der Waals surface area contributed by atoms with Gasteiger partial charge in [0.1, 0.15) is 22.9 Å². The Morgan fingerprint density at radius 3 is 1.80 bits per heavy atom. The minimum Gasteiger partial charge on any atom is -0.496 e. The lowest BCUT2D eigenvalue weighted by molar-refractivity contribution is -0.173. The van der Waals surface area contributed by atoms with Gasteiger partial charge in [0.2, 0.25) is 0 Å². The van der Waals surface area contributed by atoms with E-state index in [1.807, 2.05) is 0 Å². The topological polar surface area (TPSA) is 183 Å². The van der Waals surface area contributed by atoms with Crippen LogP contribution in [0.25, 0.3) is 11.1 Å². The fourth-order valence-corrected chi connectivity index (χ4v) is 4.63. The molecule has 1 saturated heterocycles. The molecule has 1 fully saturated rings. The number of aromatic nitrogens is 1. The number of amides is 4. The number of nitrogens with one attached hydrogen (secondary N) is 2. The smallest absolute Gasteiger partial charge is 0.471 e. The maximum atomic E-state index is 13.2. The van der Waals surface area contributed by atoms with Crippen LogP contribution in [0.4, 0.5) is 22.8 Å². The number of carboxylic acid groups (broad SMARTS) is 2. The molecule has 15 nitrogen and oxygen atoms in total. The van der Waals surface area contributed by atoms with Crippen LogP contribution in [-0.2, 0) is 11.3 Å². The molecule has 1 aliphatic rings. The van der Waals surface area contributed by atoms with Gasteiger partial charge in [-0.05, 0) is 17.7 Å². The highest BCUT2D eigenvalue weighted by Crippen LogP contribution is 2.42. The van der Waals surface area contributed by atoms with Crippen LogP contribution < -0.4 is 24.8 Å². The molecule has 1 aliphatic heterocycles. The van der Waals surface area contributed by atoms with E-state index < -0.39 is 36.7 Å². The molecule has 1 aromatic carbocycles. The largest absolute Gasteiger partial charge is 0.496 e. The number of halogens is 3. The summed E-state index contributed by atoms with van der Waals surface area (Å²) in [6.07, 6.45) is -7.47. The second-order valence-corrected chi connectivity index (χ2v) is 9.96. The number of hydrogen-bond acceptors (Lipinski definition) is 9. The van der Waals surface area contributed by atoms with Gasteiger partial charge in [-0.25, -0.2) is 14.6 Å². The van der Waals surface area contributed by atoms with Crippen molar-refractivity contribution in [1.29, 1.82) is 0 Å². The number of pyridine rings is 1. The van der Waals surface area contributed by atoms with Gasteiger partial charge < -0.3 is 44.9 Å². The van der Waals surface area contributed by atoms with Crippen molar-refractivity contribution < 1.29 is 56.8 Å². The first-order valence-electron chi connectivity index (χ1n) is 13.9. The maximum Gasteiger partial charge on any atom is 0.471 e. The van der Waals surface area contributed by atoms with Gasteiger partial charge in [0.25, 0.3) is 5.91 Å². The zero-order valence-corrected chi connectivity index (χ0v) is 25.3. The van der Waals surface area contributed by atoms with Crippen LogP contribution in [0, 0.1) is 0 Å². The zero-order valence-electron chi connectivity index (χ0n) is 25.3. The van der Waals surface area contributed by atoms with E-state index in [0.717, 1.165) is 9.80 Å². The van der Waals surface area contributed by atoms with Crippen LogP contribution in [0.15, 0.2) is 24.3 Å². The number of alkyl halides is 3. The van der Waals surface area contributed by atoms with Gasteiger partial charge in [-0.1, -0.05) is 0 Å². The zero-order chi connectivity index (χ0) is 34.0. The minimum absolute atomic E-state index is 0.00594. The molecule has 252 valence electrons. The molecule has 0 radical (unpaired) electrons. The van der Waals surface area contributed by atoms with E-state index in [1.165, 1.54) is 27.4 Å². The van der Waals surface area contributed by atoms with Crippen molar-refractivity contribution in [3.63, 3.8) is 0 Å². The molecule has 4 amide bonds. The fourth-order valence-electron chi connectivity index (χ4n) is 4.63. The van der Waals surface area contributed by atoms with E-state index in [0.29, 0.717) is 34.1 Å². The van der Waals surface area contributed by atoms with Crippen LogP contribution in [0.3, 0.4) is 0 Å². The summed E-state index contributed by atoms with van der Waals surface area (Å²) >= 11 is 0. The van der Waals surface area contributed by atoms with Gasteiger partial charge in [0.15, 0.2) is 0 Å². The highest BCUT2D eigenvalue weighted by Gasteiger charge is 2.38. The maximum absolute atomic E-state index is 13.2. The first-order chi connectivity index (χ1) is 21.8. The summed E-state index contributed by atoms with van der Waals surface area (Å²) in [4.78, 5) is 56.2. The number of ether oxygens (including phenoxy) is 3. The summed E-state index contributed by atoms with van der Waals surface area (Å²) < 4.78 is 54.0. The van der Waals surface area contributed by atoms with Crippen LogP contribution in [-0.4, -0.2) is 134 Å². The standard InChI is InChI=1S/C28H35F3N6O9/c1-44-19-14-21(45-2)23(22(15-19)46-3)17-12-18(34-20(13-17)24(38)32-4-5-33-25(39)28(29,30)31)16-35-6-8-36(26(40)41)10-11-37(9-7-35)27(42)43/h12-15H,4-11,16H2,1-3H3,(H,32,38)(H,33,39)(H,40,41)(H,42,43). The number of carbonyl (C=O) groups is 4. The lowest BCUT2D eigenvalue weighted by Gasteiger charge is -2.25. The normalized spacial score (nSPS) is 14.4. The van der Waals surface area contributed by atoms with Crippen molar-refractivity contribution in [2.75, 3.05) is 73.7 Å². The fraction of sp³-hybridized carbons (Fsp3) is 0.464. The number of carbonyl (C=O) groups excluding carboxylic acids is 2. The lowest BCUT2D eigenvalue weighted by atomic mass is 10.0. The Kier molecular flexibility index (Phi) is 12.2. The molecule has 0 unspecified atom stereocenters. The summed E-state index contributed by atoms with van der Waals surface area (Å²) in [5.41, 5.74) is 1.05. The molecule has 18 heteroatoms. The van der Waals surface area contributed by atoms with E-state index in [1.54, 1.807) is 28.4 Å². The quantitative estimate of drug-likeness (QED) is 0.274. The highest BCUT2D eigenvalue weighted by atomic mass is 19.4. The lowest BCUT2D eigenvalue weighted by Crippen LogP contribution is -2.41. The van der Waals surface area contributed by atoms with Crippen LogP contribution in [0.2, 0.25) is 0 Å². The third kappa shape index (κ3) is 9.50. The third-order valence-corrected chi connectivity index (χ3v) is 7.01. The molecule has 0 saturated carbocycles. The molecular weight excluding hydrogens is 621 g/mol. The second kappa shape index (κ2) is 15.8. The molecule has 0 aliphatic carbocycles. The number of methoxy groups -OCH3 is 3. The Bertz CT molecular complexity index is 1370. The molecule has 1 aromatic heterocycles. The number of nitrogens with zero attached hydrogens (tertiary/aromatic N) is 4. The van der Waals surface area contributed by atoms with Crippen molar-refractivity contribution >= 4 is 24.0 Å². The monoisotopic (exact) mass is 656 g/mol. The first-order valence-corrected chi connectivity index (χ1v) is 13.9. The summed E-state index contributed by atoms with van der Waals surface area (Å²) in [7, 11) is 4.31. The number of rotatable bonds is 10. The Labute approximate surface area is 261 Å². The van der Waals surface area contributed by atoms with Crippen molar-refractivity contribution in [2.45, 2.75) is 12.7 Å². The Balaban J connectivity index is 1.99. The summed E-state index contributed by atoms with van der Waals surface area (Å²) in [5, 5.41) is 23.3. The third-order valence-electron chi connectivity index (χ3n) is 7.01. The summed E-state index contributed by atoms with van der Waals surface area (Å²) in [5.74, 6) is -1.82. The van der Waals surface area contributed by atoms with Crippen LogP contribution in [0.1, 0.15) is 16.2 Å². The molecular formula is C28H35F3N6O9. The Morgan fingerprint density at radius 1 is 0.804 bits per heavy atom. The van der Waals surface area contributed by atoms with Crippen LogP contribution in [0.5, 0.6) is 17.2 Å². The molecule has 3 rings (SSSR count). The van der Waals surface area contributed by atoms with Crippen molar-refractivity contribution in [3.05, 3.63) is 35.7 Å². The van der Waals surface area contributed by atoms with E-state index in [2.05, 4.69) is 10.3 Å². The molecule has 2 heterocycles. The van der Waals surface area contributed by atoms with E-state index in [4.69, 9.17) is 14.2 Å². The highest BCUT2D eigenvalue weighted by molar-refractivity contribution is 5.94. The van der Waals surface area contributed by atoms with Gasteiger partial charge in [-0.15, -0.1) is 0 Å². The van der Waals surface area contributed by atoms with Crippen molar-refractivity contribution in [1.82, 2.24) is 30.3 Å². The minimum atomic E-state index is -5.07. The summed E-state index contributed by atoms with van der Waals surface area (Å²) in [6, 6.07) is 6.29. The molecule has 0 bridgehead atoms. The Hall–Kier alpha value is -5.00. The molecule has 0 atom stereocenters. The average Bonchev–Trinajstić information content (AvgIpc) is 3.12. The van der Waals surface area contributed by atoms with Gasteiger partial charge in [0, 0.05) is 71.0 Å². The summed E-state index contributed by atoms with van der Waals surface area (Å²) in [6.45, 7) is -0.162. The second-order valence-electron chi connectivity index (χ2n) is 9.96. The predicted molar refractivity (Wildman–Crippen MR) is 155 cm³/mol. The first kappa shape index (κ1) is 35.5. The number of benzene rings is 1. The van der Waals surface area contributed by atoms with E-state index in [-0.39, 0.29) is 58.1 Å². The van der Waals surface area contributed by atoms with Gasteiger partial charge >= 0.3 is 24.3 Å². The molecule has 2 aromatic rings. The average molecular weight is 657 g/mol. The van der Waals surface area contributed by atoms with Crippen molar-refractivity contribution in [2.24, 2.45) is 0 Å². The Morgan fingerprint density at radius 2 is 1.33 bits per heavy atom. The predicted octanol–water partition coefficient (Wildman–Crippen LogP) is 1.96. The molecule has 0 spiro atoms. The van der Waals surface area contributed by atoms with Gasteiger partial charge in [0.05, 0.1) is 32.6 Å². The van der Waals surface area contributed by atoms with E-state index >= 15 is 0 Å².